The van der Waals surface area contributed by atoms with Gasteiger partial charge in [-0.2, -0.15) is 0 Å². The smallest absolute Gasteiger partial charge is 0.255 e. The van der Waals surface area contributed by atoms with Crippen LogP contribution in [0.25, 0.3) is 0 Å². The zero-order chi connectivity index (χ0) is 14.7. The molecule has 0 aliphatic rings. The van der Waals surface area contributed by atoms with Gasteiger partial charge in [0.1, 0.15) is 5.75 Å². The second kappa shape index (κ2) is 6.05. The van der Waals surface area contributed by atoms with E-state index in [2.05, 4.69) is 9.97 Å². The quantitative estimate of drug-likeness (QED) is 0.851. The second-order valence-electron chi connectivity index (χ2n) is 4.96. The van der Waals surface area contributed by atoms with E-state index in [0.29, 0.717) is 16.8 Å². The molecule has 0 aliphatic carbocycles. The second-order valence-corrected chi connectivity index (χ2v) is 5.37. The summed E-state index contributed by atoms with van der Waals surface area (Å²) in [7, 11) is 0. The highest BCUT2D eigenvalue weighted by Crippen LogP contribution is 2.22. The van der Waals surface area contributed by atoms with Gasteiger partial charge in [0.05, 0.1) is 6.10 Å². The van der Waals surface area contributed by atoms with Crippen molar-refractivity contribution in [2.75, 3.05) is 0 Å². The van der Waals surface area contributed by atoms with E-state index in [1.54, 1.807) is 0 Å². The third-order valence-corrected chi connectivity index (χ3v) is 3.16. The molecule has 1 aromatic carbocycles. The first-order valence-corrected chi connectivity index (χ1v) is 6.95. The SMILES string of the molecule is Cc1[nH]c(=S)[nH]c(=O)c1Cc1ccccc1OC(C)C. The molecule has 0 unspecified atom stereocenters. The average Bonchev–Trinajstić information content (AvgIpc) is 2.34. The van der Waals surface area contributed by atoms with Crippen molar-refractivity contribution in [1.82, 2.24) is 9.97 Å². The van der Waals surface area contributed by atoms with E-state index in [4.69, 9.17) is 17.0 Å². The van der Waals surface area contributed by atoms with Crippen LogP contribution in [-0.4, -0.2) is 16.1 Å². The Morgan fingerprint density at radius 3 is 2.60 bits per heavy atom. The average molecular weight is 290 g/mol. The summed E-state index contributed by atoms with van der Waals surface area (Å²) in [6.07, 6.45) is 0.605. The molecule has 4 nitrogen and oxygen atoms in total. The molecule has 0 bridgehead atoms. The molecule has 0 spiro atoms. The molecule has 1 heterocycles. The molecule has 2 N–H and O–H groups in total. The molecule has 0 saturated carbocycles. The van der Waals surface area contributed by atoms with Crippen LogP contribution in [0.15, 0.2) is 29.1 Å². The minimum absolute atomic E-state index is 0.0945. The van der Waals surface area contributed by atoms with Gasteiger partial charge in [0.2, 0.25) is 0 Å². The lowest BCUT2D eigenvalue weighted by Gasteiger charge is -2.14. The van der Waals surface area contributed by atoms with Crippen molar-refractivity contribution in [3.05, 3.63) is 56.2 Å². The van der Waals surface area contributed by atoms with Gasteiger partial charge >= 0.3 is 0 Å². The van der Waals surface area contributed by atoms with Crippen molar-refractivity contribution >= 4 is 12.2 Å². The summed E-state index contributed by atoms with van der Waals surface area (Å²) >= 11 is 4.96. The Kier molecular flexibility index (Phi) is 4.39. The first-order chi connectivity index (χ1) is 9.47. The van der Waals surface area contributed by atoms with Crippen molar-refractivity contribution in [1.29, 1.82) is 0 Å². The fourth-order valence-corrected chi connectivity index (χ4v) is 2.29. The monoisotopic (exact) mass is 290 g/mol. The largest absolute Gasteiger partial charge is 0.491 e. The zero-order valence-electron chi connectivity index (χ0n) is 11.8. The number of para-hydroxylation sites is 1. The molecule has 0 atom stereocenters. The Hall–Kier alpha value is -1.88. The Morgan fingerprint density at radius 2 is 1.95 bits per heavy atom. The third-order valence-electron chi connectivity index (χ3n) is 2.96. The number of aromatic nitrogens is 2. The van der Waals surface area contributed by atoms with Crippen molar-refractivity contribution in [3.63, 3.8) is 0 Å². The van der Waals surface area contributed by atoms with Crippen LogP contribution in [0.2, 0.25) is 0 Å². The number of H-pyrrole nitrogens is 2. The van der Waals surface area contributed by atoms with Gasteiger partial charge in [0.25, 0.3) is 5.56 Å². The lowest BCUT2D eigenvalue weighted by atomic mass is 10.0. The zero-order valence-corrected chi connectivity index (χ0v) is 12.6. The molecule has 106 valence electrons. The highest BCUT2D eigenvalue weighted by Gasteiger charge is 2.10. The molecule has 0 amide bonds. The number of hydrogen-bond donors (Lipinski definition) is 2. The summed E-state index contributed by atoms with van der Waals surface area (Å²) in [5.41, 5.74) is 2.31. The number of nitrogens with one attached hydrogen (secondary N) is 2. The van der Waals surface area contributed by atoms with Gasteiger partial charge in [0, 0.05) is 17.7 Å². The van der Waals surface area contributed by atoms with E-state index in [1.807, 2.05) is 45.0 Å². The fourth-order valence-electron chi connectivity index (χ4n) is 2.05. The molecule has 20 heavy (non-hydrogen) atoms. The Labute approximate surface area is 122 Å². The Morgan fingerprint density at radius 1 is 1.25 bits per heavy atom. The molecule has 2 aromatic rings. The highest BCUT2D eigenvalue weighted by molar-refractivity contribution is 7.71. The lowest BCUT2D eigenvalue weighted by molar-refractivity contribution is 0.240. The number of ether oxygens (including phenoxy) is 1. The molecule has 2 rings (SSSR count). The van der Waals surface area contributed by atoms with Crippen LogP contribution in [0.3, 0.4) is 0 Å². The fraction of sp³-hybridized carbons (Fsp3) is 0.333. The summed E-state index contributed by atoms with van der Waals surface area (Å²) in [4.78, 5) is 17.6. The molecule has 0 saturated heterocycles. The predicted molar refractivity (Wildman–Crippen MR) is 82.0 cm³/mol. The van der Waals surface area contributed by atoms with Gasteiger partial charge in [-0.3, -0.25) is 9.78 Å². The van der Waals surface area contributed by atoms with Crippen molar-refractivity contribution in [2.24, 2.45) is 0 Å². The maximum absolute atomic E-state index is 12.0. The first-order valence-electron chi connectivity index (χ1n) is 6.54. The Bertz CT molecular complexity index is 716. The molecule has 1 aromatic heterocycles. The minimum atomic E-state index is -0.148. The summed E-state index contributed by atoms with van der Waals surface area (Å²) in [6, 6.07) is 7.76. The van der Waals surface area contributed by atoms with Crippen molar-refractivity contribution in [3.8, 4) is 5.75 Å². The van der Waals surface area contributed by atoms with Gasteiger partial charge in [-0.25, -0.2) is 0 Å². The van der Waals surface area contributed by atoms with Gasteiger partial charge in [-0.05, 0) is 44.6 Å². The van der Waals surface area contributed by atoms with E-state index in [9.17, 15) is 4.79 Å². The first kappa shape index (κ1) is 14.5. The van der Waals surface area contributed by atoms with Gasteiger partial charge in [0.15, 0.2) is 4.77 Å². The predicted octanol–water partition coefficient (Wildman–Crippen LogP) is 3.12. The third kappa shape index (κ3) is 3.36. The van der Waals surface area contributed by atoms with Crippen LogP contribution >= 0.6 is 12.2 Å². The molecule has 0 fully saturated rings. The Balaban J connectivity index is 2.41. The van der Waals surface area contributed by atoms with Gasteiger partial charge < -0.3 is 9.72 Å². The molecule has 0 radical (unpaired) electrons. The minimum Gasteiger partial charge on any atom is -0.491 e. The lowest BCUT2D eigenvalue weighted by Crippen LogP contribution is -2.17. The standard InChI is InChI=1S/C15H18N2O2S/c1-9(2)19-13-7-5-4-6-11(13)8-12-10(3)16-15(20)17-14(12)18/h4-7,9H,8H2,1-3H3,(H2,16,17,18,20). The highest BCUT2D eigenvalue weighted by atomic mass is 32.1. The summed E-state index contributed by atoms with van der Waals surface area (Å²) in [5.74, 6) is 0.809. The van der Waals surface area contributed by atoms with Crippen LogP contribution in [-0.2, 0) is 6.42 Å². The number of aryl methyl sites for hydroxylation is 1. The van der Waals surface area contributed by atoms with Crippen LogP contribution in [0, 0.1) is 11.7 Å². The number of aromatic amines is 2. The van der Waals surface area contributed by atoms with Crippen molar-refractivity contribution in [2.45, 2.75) is 33.3 Å². The van der Waals surface area contributed by atoms with E-state index in [0.717, 1.165) is 17.0 Å². The van der Waals surface area contributed by atoms with Gasteiger partial charge in [-0.15, -0.1) is 0 Å². The summed E-state index contributed by atoms with van der Waals surface area (Å²) in [6.45, 7) is 5.81. The molecular formula is C15H18N2O2S. The van der Waals surface area contributed by atoms with Crippen LogP contribution in [0.1, 0.15) is 30.7 Å². The topological polar surface area (TPSA) is 57.9 Å². The van der Waals surface area contributed by atoms with Crippen LogP contribution < -0.4 is 10.3 Å². The maximum atomic E-state index is 12.0. The summed E-state index contributed by atoms with van der Waals surface area (Å²) in [5, 5.41) is 0. The summed E-state index contributed by atoms with van der Waals surface area (Å²) < 4.78 is 6.13. The molecule has 0 aliphatic heterocycles. The van der Waals surface area contributed by atoms with Gasteiger partial charge in [-0.1, -0.05) is 18.2 Å². The van der Waals surface area contributed by atoms with Crippen molar-refractivity contribution < 1.29 is 4.74 Å². The maximum Gasteiger partial charge on any atom is 0.255 e. The number of hydrogen-bond acceptors (Lipinski definition) is 3. The van der Waals surface area contributed by atoms with E-state index >= 15 is 0 Å². The van der Waals surface area contributed by atoms with E-state index in [-0.39, 0.29) is 11.7 Å². The molecule has 5 heteroatoms. The van der Waals surface area contributed by atoms with Crippen LogP contribution in [0.4, 0.5) is 0 Å². The normalized spacial score (nSPS) is 10.8. The van der Waals surface area contributed by atoms with E-state index in [1.165, 1.54) is 0 Å². The van der Waals surface area contributed by atoms with E-state index < -0.39 is 0 Å². The number of benzene rings is 1. The number of rotatable bonds is 4. The molecular weight excluding hydrogens is 272 g/mol. The van der Waals surface area contributed by atoms with Crippen LogP contribution in [0.5, 0.6) is 5.75 Å².